The van der Waals surface area contributed by atoms with E-state index in [1.165, 1.54) is 6.20 Å². The molecule has 160 valence electrons. The monoisotopic (exact) mass is 426 g/mol. The molecular formula is C23H22N8O. The maximum atomic E-state index is 12.3. The fourth-order valence-electron chi connectivity index (χ4n) is 2.99. The summed E-state index contributed by atoms with van der Waals surface area (Å²) in [6.45, 7) is 0.635. The average molecular weight is 426 g/mol. The Bertz CT molecular complexity index is 1190. The van der Waals surface area contributed by atoms with Crippen LogP contribution in [0.2, 0.25) is 0 Å². The molecule has 0 bridgehead atoms. The van der Waals surface area contributed by atoms with Crippen LogP contribution >= 0.6 is 0 Å². The van der Waals surface area contributed by atoms with Crippen molar-refractivity contribution in [2.45, 2.75) is 6.42 Å². The number of carbonyl (C=O) groups excluding carboxylic acids is 1. The number of hydrogen-bond acceptors (Lipinski definition) is 8. The van der Waals surface area contributed by atoms with Gasteiger partial charge in [-0.1, -0.05) is 36.4 Å². The van der Waals surface area contributed by atoms with Crippen LogP contribution in [0.15, 0.2) is 73.2 Å². The third-order valence-corrected chi connectivity index (χ3v) is 4.58. The molecule has 4 rings (SSSR count). The number of hydrogen-bond donors (Lipinski definition) is 3. The summed E-state index contributed by atoms with van der Waals surface area (Å²) in [6, 6.07) is 17.1. The Kier molecular flexibility index (Phi) is 6.57. The van der Waals surface area contributed by atoms with Crippen molar-refractivity contribution < 1.29 is 4.79 Å². The van der Waals surface area contributed by atoms with Gasteiger partial charge in [0, 0.05) is 49.9 Å². The molecule has 9 nitrogen and oxygen atoms in total. The van der Waals surface area contributed by atoms with E-state index in [1.54, 1.807) is 25.5 Å². The first-order valence-electron chi connectivity index (χ1n) is 10.1. The van der Waals surface area contributed by atoms with Crippen LogP contribution in [0, 0.1) is 0 Å². The van der Waals surface area contributed by atoms with E-state index in [-0.39, 0.29) is 5.91 Å². The average Bonchev–Trinajstić information content (AvgIpc) is 2.85. The van der Waals surface area contributed by atoms with Crippen molar-refractivity contribution in [3.8, 4) is 11.4 Å². The first-order chi connectivity index (χ1) is 15.7. The number of amides is 1. The molecule has 0 saturated heterocycles. The van der Waals surface area contributed by atoms with Crippen LogP contribution in [0.25, 0.3) is 11.4 Å². The molecule has 0 aliphatic heterocycles. The molecular weight excluding hydrogens is 404 g/mol. The van der Waals surface area contributed by atoms with Gasteiger partial charge in [0.05, 0.1) is 0 Å². The maximum absolute atomic E-state index is 12.3. The first-order valence-corrected chi connectivity index (χ1v) is 10.1. The van der Waals surface area contributed by atoms with Gasteiger partial charge in [-0.05, 0) is 18.2 Å². The second-order valence-electron chi connectivity index (χ2n) is 6.79. The van der Waals surface area contributed by atoms with Crippen molar-refractivity contribution in [2.24, 2.45) is 0 Å². The van der Waals surface area contributed by atoms with E-state index in [0.717, 1.165) is 17.7 Å². The summed E-state index contributed by atoms with van der Waals surface area (Å²) in [5.41, 5.74) is 2.15. The zero-order chi connectivity index (χ0) is 22.2. The third-order valence-electron chi connectivity index (χ3n) is 4.58. The predicted octanol–water partition coefficient (Wildman–Crippen LogP) is 3.09. The molecule has 0 radical (unpaired) electrons. The minimum absolute atomic E-state index is 0.296. The fraction of sp³-hybridized carbons (Fsp3) is 0.130. The number of pyridine rings is 1. The summed E-state index contributed by atoms with van der Waals surface area (Å²) in [5.74, 6) is 1.53. The molecule has 32 heavy (non-hydrogen) atoms. The smallest absolute Gasteiger partial charge is 0.256 e. The molecule has 0 atom stereocenters. The minimum Gasteiger partial charge on any atom is -0.355 e. The number of nitrogens with one attached hydrogen (secondary N) is 3. The number of carbonyl (C=O) groups is 1. The third kappa shape index (κ3) is 5.20. The molecule has 0 aliphatic carbocycles. The highest BCUT2D eigenvalue weighted by Gasteiger charge is 2.15. The molecule has 0 saturated carbocycles. The Hall–Kier alpha value is -4.40. The van der Waals surface area contributed by atoms with Crippen molar-refractivity contribution in [1.82, 2.24) is 30.2 Å². The lowest BCUT2D eigenvalue weighted by atomic mass is 10.2. The van der Waals surface area contributed by atoms with Crippen molar-refractivity contribution in [3.63, 3.8) is 0 Å². The lowest BCUT2D eigenvalue weighted by Gasteiger charge is -2.12. The Morgan fingerprint density at radius 3 is 2.53 bits per heavy atom. The maximum Gasteiger partial charge on any atom is 0.256 e. The molecule has 4 aromatic rings. The Morgan fingerprint density at radius 2 is 1.75 bits per heavy atom. The van der Waals surface area contributed by atoms with Crippen LogP contribution in [0.3, 0.4) is 0 Å². The van der Waals surface area contributed by atoms with Gasteiger partial charge >= 0.3 is 0 Å². The van der Waals surface area contributed by atoms with Crippen LogP contribution in [0.1, 0.15) is 16.1 Å². The van der Waals surface area contributed by atoms with Gasteiger partial charge in [0.1, 0.15) is 17.2 Å². The van der Waals surface area contributed by atoms with Crippen LogP contribution in [0.5, 0.6) is 0 Å². The van der Waals surface area contributed by atoms with Gasteiger partial charge in [-0.25, -0.2) is 15.0 Å². The fourth-order valence-corrected chi connectivity index (χ4v) is 2.99. The van der Waals surface area contributed by atoms with E-state index in [2.05, 4.69) is 40.9 Å². The molecule has 0 spiro atoms. The molecule has 3 N–H and O–H groups in total. The standard InChI is InChI=1S/C23H22N8O/c1-24-22(32)18-15-28-20(16-7-3-2-4-8-16)31-21(18)29-19-11-14-27-23(30-19)26-13-10-17-9-5-6-12-25-17/h2-9,11-12,14-15H,10,13H2,1H3,(H,24,32)(H2,26,27,28,29,30,31). The van der Waals surface area contributed by atoms with Gasteiger partial charge in [-0.3, -0.25) is 9.78 Å². The van der Waals surface area contributed by atoms with Gasteiger partial charge in [0.2, 0.25) is 5.95 Å². The topological polar surface area (TPSA) is 118 Å². The van der Waals surface area contributed by atoms with Gasteiger partial charge in [0.15, 0.2) is 5.82 Å². The summed E-state index contributed by atoms with van der Waals surface area (Å²) >= 11 is 0. The molecule has 0 unspecified atom stereocenters. The lowest BCUT2D eigenvalue weighted by Crippen LogP contribution is -2.20. The highest BCUT2D eigenvalue weighted by Crippen LogP contribution is 2.22. The molecule has 3 heterocycles. The van der Waals surface area contributed by atoms with Crippen LogP contribution in [-0.4, -0.2) is 44.4 Å². The summed E-state index contributed by atoms with van der Waals surface area (Å²) in [7, 11) is 1.56. The summed E-state index contributed by atoms with van der Waals surface area (Å²) in [6.07, 6.45) is 5.65. The van der Waals surface area contributed by atoms with Gasteiger partial charge in [-0.2, -0.15) is 4.98 Å². The normalized spacial score (nSPS) is 10.4. The Morgan fingerprint density at radius 1 is 0.906 bits per heavy atom. The second kappa shape index (κ2) is 10.1. The molecule has 9 heteroatoms. The van der Waals surface area contributed by atoms with E-state index in [4.69, 9.17) is 0 Å². The van der Waals surface area contributed by atoms with E-state index < -0.39 is 0 Å². The molecule has 3 aromatic heterocycles. The van der Waals surface area contributed by atoms with E-state index in [1.807, 2.05) is 48.5 Å². The lowest BCUT2D eigenvalue weighted by molar-refractivity contribution is 0.0963. The molecule has 1 amide bonds. The minimum atomic E-state index is -0.296. The van der Waals surface area contributed by atoms with Crippen molar-refractivity contribution in [1.29, 1.82) is 0 Å². The number of benzene rings is 1. The van der Waals surface area contributed by atoms with E-state index >= 15 is 0 Å². The van der Waals surface area contributed by atoms with E-state index in [9.17, 15) is 4.79 Å². The number of nitrogens with zero attached hydrogens (tertiary/aromatic N) is 5. The number of rotatable bonds is 8. The summed E-state index contributed by atoms with van der Waals surface area (Å²) in [4.78, 5) is 34.3. The quantitative estimate of drug-likeness (QED) is 0.393. The Labute approximate surface area is 185 Å². The van der Waals surface area contributed by atoms with Crippen LogP contribution in [0.4, 0.5) is 17.6 Å². The SMILES string of the molecule is CNC(=O)c1cnc(-c2ccccc2)nc1Nc1ccnc(NCCc2ccccn2)n1. The first kappa shape index (κ1) is 20.9. The van der Waals surface area contributed by atoms with Crippen LogP contribution in [-0.2, 0) is 6.42 Å². The van der Waals surface area contributed by atoms with Crippen molar-refractivity contribution in [2.75, 3.05) is 24.2 Å². The second-order valence-corrected chi connectivity index (χ2v) is 6.79. The molecule has 1 aromatic carbocycles. The Balaban J connectivity index is 1.53. The highest BCUT2D eigenvalue weighted by atomic mass is 16.1. The molecule has 0 aliphatic rings. The van der Waals surface area contributed by atoms with Gasteiger partial charge in [-0.15, -0.1) is 0 Å². The summed E-state index contributed by atoms with van der Waals surface area (Å²) < 4.78 is 0. The summed E-state index contributed by atoms with van der Waals surface area (Å²) in [5, 5.41) is 8.93. The van der Waals surface area contributed by atoms with Crippen LogP contribution < -0.4 is 16.0 Å². The molecule has 0 fully saturated rings. The zero-order valence-electron chi connectivity index (χ0n) is 17.5. The van der Waals surface area contributed by atoms with Gasteiger partial charge < -0.3 is 16.0 Å². The van der Waals surface area contributed by atoms with Crippen molar-refractivity contribution in [3.05, 3.63) is 84.4 Å². The van der Waals surface area contributed by atoms with Gasteiger partial charge in [0.25, 0.3) is 5.91 Å². The number of aromatic nitrogens is 5. The highest BCUT2D eigenvalue weighted by molar-refractivity contribution is 5.99. The largest absolute Gasteiger partial charge is 0.355 e. The predicted molar refractivity (Wildman–Crippen MR) is 123 cm³/mol. The van der Waals surface area contributed by atoms with E-state index in [0.29, 0.717) is 35.5 Å². The zero-order valence-corrected chi connectivity index (χ0v) is 17.5. The van der Waals surface area contributed by atoms with Crippen molar-refractivity contribution >= 4 is 23.5 Å². The number of anilines is 3.